The third kappa shape index (κ3) is 4.75. The monoisotopic (exact) mass is 302 g/mol. The van der Waals surface area contributed by atoms with Crippen molar-refractivity contribution in [1.29, 1.82) is 0 Å². The molecule has 1 saturated carbocycles. The van der Waals surface area contributed by atoms with E-state index in [1.807, 2.05) is 13.8 Å². The van der Waals surface area contributed by atoms with Gasteiger partial charge in [-0.25, -0.2) is 9.97 Å². The molecule has 0 bridgehead atoms. The van der Waals surface area contributed by atoms with Crippen molar-refractivity contribution < 1.29 is 13.2 Å². The Morgan fingerprint density at radius 3 is 2.52 bits per heavy atom. The Hall–Kier alpha value is -1.53. The van der Waals surface area contributed by atoms with Crippen LogP contribution in [0.5, 0.6) is 0 Å². The lowest BCUT2D eigenvalue weighted by Gasteiger charge is -2.25. The maximum Gasteiger partial charge on any atom is 0.405 e. The molecule has 0 radical (unpaired) electrons. The maximum absolute atomic E-state index is 12.7. The Labute approximate surface area is 122 Å². The molecular formula is C14H21F3N4. The highest BCUT2D eigenvalue weighted by molar-refractivity contribution is 5.50. The number of alkyl halides is 3. The summed E-state index contributed by atoms with van der Waals surface area (Å²) in [6.07, 6.45) is -1.57. The first-order valence-electron chi connectivity index (χ1n) is 7.37. The van der Waals surface area contributed by atoms with Gasteiger partial charge in [0.25, 0.3) is 0 Å². The SMILES string of the molecule is CCCN(CC(F)(F)F)c1cc(NCC)nc(C2CC2)n1. The molecule has 4 nitrogen and oxygen atoms in total. The number of hydrogen-bond acceptors (Lipinski definition) is 4. The molecule has 0 unspecified atom stereocenters. The minimum absolute atomic E-state index is 0.303. The second-order valence-corrected chi connectivity index (χ2v) is 5.31. The molecule has 118 valence electrons. The van der Waals surface area contributed by atoms with Crippen LogP contribution in [0, 0.1) is 0 Å². The molecule has 1 aliphatic rings. The Kier molecular flexibility index (Phi) is 4.90. The van der Waals surface area contributed by atoms with Crippen molar-refractivity contribution in [2.75, 3.05) is 29.9 Å². The summed E-state index contributed by atoms with van der Waals surface area (Å²) < 4.78 is 38.2. The summed E-state index contributed by atoms with van der Waals surface area (Å²) in [6.45, 7) is 3.81. The van der Waals surface area contributed by atoms with Gasteiger partial charge in [-0.15, -0.1) is 0 Å². The van der Waals surface area contributed by atoms with Gasteiger partial charge in [-0.3, -0.25) is 0 Å². The fourth-order valence-electron chi connectivity index (χ4n) is 2.17. The molecule has 7 heteroatoms. The Morgan fingerprint density at radius 2 is 2.00 bits per heavy atom. The van der Waals surface area contributed by atoms with Crippen LogP contribution in [-0.4, -0.2) is 35.8 Å². The zero-order valence-electron chi connectivity index (χ0n) is 12.4. The van der Waals surface area contributed by atoms with Crippen LogP contribution < -0.4 is 10.2 Å². The summed E-state index contributed by atoms with van der Waals surface area (Å²) in [5.41, 5.74) is 0. The number of nitrogens with zero attached hydrogens (tertiary/aromatic N) is 3. The summed E-state index contributed by atoms with van der Waals surface area (Å²) in [6, 6.07) is 1.61. The molecule has 1 heterocycles. The van der Waals surface area contributed by atoms with Crippen molar-refractivity contribution in [3.05, 3.63) is 11.9 Å². The van der Waals surface area contributed by atoms with Gasteiger partial charge in [-0.2, -0.15) is 13.2 Å². The largest absolute Gasteiger partial charge is 0.405 e. The third-order valence-corrected chi connectivity index (χ3v) is 3.22. The topological polar surface area (TPSA) is 41.0 Å². The fraction of sp³-hybridized carbons (Fsp3) is 0.714. The van der Waals surface area contributed by atoms with Crippen LogP contribution in [0.2, 0.25) is 0 Å². The van der Waals surface area contributed by atoms with Crippen molar-refractivity contribution in [1.82, 2.24) is 9.97 Å². The summed E-state index contributed by atoms with van der Waals surface area (Å²) in [7, 11) is 0. The predicted molar refractivity (Wildman–Crippen MR) is 76.7 cm³/mol. The van der Waals surface area contributed by atoms with Crippen LogP contribution in [0.25, 0.3) is 0 Å². The zero-order chi connectivity index (χ0) is 15.5. The van der Waals surface area contributed by atoms with Gasteiger partial charge in [0, 0.05) is 25.1 Å². The molecule has 21 heavy (non-hydrogen) atoms. The van der Waals surface area contributed by atoms with Gasteiger partial charge in [-0.1, -0.05) is 6.92 Å². The number of anilines is 2. The summed E-state index contributed by atoms with van der Waals surface area (Å²) in [5.74, 6) is 1.93. The van der Waals surface area contributed by atoms with Crippen LogP contribution in [0.1, 0.15) is 44.9 Å². The molecule has 0 aromatic carbocycles. The van der Waals surface area contributed by atoms with Gasteiger partial charge in [0.2, 0.25) is 0 Å². The highest BCUT2D eigenvalue weighted by Gasteiger charge is 2.32. The standard InChI is InChI=1S/C14H21F3N4/c1-3-7-21(9-14(15,16)17)12-8-11(18-4-2)19-13(20-12)10-5-6-10/h8,10H,3-7,9H2,1-2H3,(H,18,19,20). The molecule has 2 rings (SSSR count). The van der Waals surface area contributed by atoms with E-state index in [1.165, 1.54) is 4.90 Å². The first-order chi connectivity index (χ1) is 9.93. The highest BCUT2D eigenvalue weighted by atomic mass is 19.4. The second-order valence-electron chi connectivity index (χ2n) is 5.31. The molecule has 1 aromatic heterocycles. The molecule has 0 aliphatic heterocycles. The van der Waals surface area contributed by atoms with E-state index >= 15 is 0 Å². The third-order valence-electron chi connectivity index (χ3n) is 3.22. The van der Waals surface area contributed by atoms with Crippen molar-refractivity contribution >= 4 is 11.6 Å². The summed E-state index contributed by atoms with van der Waals surface area (Å²) in [4.78, 5) is 10.0. The van der Waals surface area contributed by atoms with Crippen molar-refractivity contribution in [3.8, 4) is 0 Å². The number of halogens is 3. The molecule has 1 N–H and O–H groups in total. The molecule has 0 spiro atoms. The average molecular weight is 302 g/mol. The zero-order valence-corrected chi connectivity index (χ0v) is 12.4. The van der Waals surface area contributed by atoms with E-state index in [2.05, 4.69) is 15.3 Å². The van der Waals surface area contributed by atoms with Crippen LogP contribution in [-0.2, 0) is 0 Å². The van der Waals surface area contributed by atoms with Crippen LogP contribution >= 0.6 is 0 Å². The van der Waals surface area contributed by atoms with E-state index in [0.29, 0.717) is 42.9 Å². The second kappa shape index (κ2) is 6.49. The minimum atomic E-state index is -4.24. The van der Waals surface area contributed by atoms with Crippen LogP contribution in [0.3, 0.4) is 0 Å². The molecule has 1 aliphatic carbocycles. The summed E-state index contributed by atoms with van der Waals surface area (Å²) >= 11 is 0. The van der Waals surface area contributed by atoms with E-state index in [1.54, 1.807) is 6.07 Å². The molecular weight excluding hydrogens is 281 g/mol. The maximum atomic E-state index is 12.7. The molecule has 1 aromatic rings. The van der Waals surface area contributed by atoms with Gasteiger partial charge in [0.15, 0.2) is 0 Å². The Morgan fingerprint density at radius 1 is 1.29 bits per heavy atom. The van der Waals surface area contributed by atoms with Crippen LogP contribution in [0.15, 0.2) is 6.07 Å². The Balaban J connectivity index is 2.28. The van der Waals surface area contributed by atoms with Crippen molar-refractivity contribution in [3.63, 3.8) is 0 Å². The number of hydrogen-bond donors (Lipinski definition) is 1. The average Bonchev–Trinajstić information content (AvgIpc) is 3.21. The van der Waals surface area contributed by atoms with E-state index in [0.717, 1.165) is 12.8 Å². The van der Waals surface area contributed by atoms with E-state index in [-0.39, 0.29) is 0 Å². The van der Waals surface area contributed by atoms with E-state index < -0.39 is 12.7 Å². The highest BCUT2D eigenvalue weighted by Crippen LogP contribution is 2.39. The number of rotatable bonds is 7. The smallest absolute Gasteiger partial charge is 0.370 e. The fourth-order valence-corrected chi connectivity index (χ4v) is 2.17. The van der Waals surface area contributed by atoms with Gasteiger partial charge >= 0.3 is 6.18 Å². The normalized spacial score (nSPS) is 15.1. The van der Waals surface area contributed by atoms with Crippen molar-refractivity contribution in [2.45, 2.75) is 45.2 Å². The quantitative estimate of drug-likeness (QED) is 0.836. The minimum Gasteiger partial charge on any atom is -0.370 e. The van der Waals surface area contributed by atoms with Gasteiger partial charge in [0.1, 0.15) is 24.0 Å². The predicted octanol–water partition coefficient (Wildman–Crippen LogP) is 3.56. The van der Waals surface area contributed by atoms with Gasteiger partial charge in [-0.05, 0) is 26.2 Å². The van der Waals surface area contributed by atoms with Crippen molar-refractivity contribution in [2.24, 2.45) is 0 Å². The first-order valence-corrected chi connectivity index (χ1v) is 7.37. The lowest BCUT2D eigenvalue weighted by atomic mass is 10.3. The molecule has 0 saturated heterocycles. The van der Waals surface area contributed by atoms with Gasteiger partial charge in [0.05, 0.1) is 0 Å². The van der Waals surface area contributed by atoms with E-state index in [9.17, 15) is 13.2 Å². The molecule has 1 fully saturated rings. The first kappa shape index (κ1) is 15.9. The number of nitrogens with one attached hydrogen (secondary N) is 1. The molecule has 0 amide bonds. The van der Waals surface area contributed by atoms with E-state index in [4.69, 9.17) is 0 Å². The molecule has 0 atom stereocenters. The lowest BCUT2D eigenvalue weighted by molar-refractivity contribution is -0.119. The Bertz CT molecular complexity index is 472. The summed E-state index contributed by atoms with van der Waals surface area (Å²) in [5, 5.41) is 3.07. The number of aromatic nitrogens is 2. The van der Waals surface area contributed by atoms with Gasteiger partial charge < -0.3 is 10.2 Å². The van der Waals surface area contributed by atoms with Crippen LogP contribution in [0.4, 0.5) is 24.8 Å². The lowest BCUT2D eigenvalue weighted by Crippen LogP contribution is -2.35.